The molecule has 3 aliphatic rings. The number of pyridine rings is 1. The van der Waals surface area contributed by atoms with Crippen LogP contribution in [0.25, 0.3) is 11.3 Å². The number of hydrogen-bond acceptors (Lipinski definition) is 12. The monoisotopic (exact) mass is 626 g/mol. The lowest BCUT2D eigenvalue weighted by atomic mass is 9.45. The number of carbonyl (C=O) groups is 3. The van der Waals surface area contributed by atoms with Gasteiger partial charge in [0.1, 0.15) is 46.5 Å². The normalized spacial score (nSPS) is 34.3. The molecule has 45 heavy (non-hydrogen) atoms. The van der Waals surface area contributed by atoms with Crippen molar-refractivity contribution in [3.05, 3.63) is 46.6 Å². The second kappa shape index (κ2) is 11.5. The van der Waals surface area contributed by atoms with Crippen LogP contribution >= 0.6 is 0 Å². The van der Waals surface area contributed by atoms with Crippen LogP contribution in [0.15, 0.2) is 39.8 Å². The Balaban J connectivity index is 1.69. The molecule has 12 heteroatoms. The summed E-state index contributed by atoms with van der Waals surface area (Å²) >= 11 is 0. The average Bonchev–Trinajstić information content (AvgIpc) is 2.94. The van der Waals surface area contributed by atoms with Crippen molar-refractivity contribution in [2.24, 2.45) is 28.9 Å². The molecule has 244 valence electrons. The van der Waals surface area contributed by atoms with Gasteiger partial charge in [-0.2, -0.15) is 0 Å². The minimum absolute atomic E-state index is 0.0627. The first-order valence-electron chi connectivity index (χ1n) is 15.3. The van der Waals surface area contributed by atoms with E-state index in [-0.39, 0.29) is 29.4 Å². The first-order chi connectivity index (χ1) is 21.0. The molecule has 3 heterocycles. The Morgan fingerprint density at radius 3 is 2.42 bits per heavy atom. The van der Waals surface area contributed by atoms with Crippen molar-refractivity contribution in [1.82, 2.24) is 4.98 Å². The standard InChI is InChI=1S/C33H42N2O10/c1-16(2)26(34)30(40)43-24-14-22-31(5,11-10-23(41-17(3)36)32(22,6)44-18(4)37)28-27(38)25-21(45-33(24,28)7)13-20(42-29(25)39)19-9-8-12-35-15-19/h8-9,12-13,15-16,22-24,26-28,38H,10-11,14,34H2,1-7H3/t22?,23-,24-,26+,27-,28?,31-,32-,33+/m0/s1. The van der Waals surface area contributed by atoms with Crippen molar-refractivity contribution in [1.29, 1.82) is 0 Å². The molecule has 2 aromatic rings. The molecule has 5 rings (SSSR count). The number of ether oxygens (including phenoxy) is 4. The predicted octanol–water partition coefficient (Wildman–Crippen LogP) is 3.47. The Hall–Kier alpha value is -3.77. The van der Waals surface area contributed by atoms with E-state index in [1.54, 1.807) is 46.0 Å². The van der Waals surface area contributed by atoms with Crippen molar-refractivity contribution in [3.63, 3.8) is 0 Å². The fourth-order valence-electron chi connectivity index (χ4n) is 8.13. The summed E-state index contributed by atoms with van der Waals surface area (Å²) in [5, 5.41) is 12.2. The molecular weight excluding hydrogens is 584 g/mol. The molecule has 0 saturated heterocycles. The number of nitrogens with zero attached hydrogens (tertiary/aromatic N) is 1. The number of nitrogens with two attached hydrogens (primary N) is 1. The van der Waals surface area contributed by atoms with Crippen LogP contribution in [0.2, 0.25) is 0 Å². The lowest BCUT2D eigenvalue weighted by molar-refractivity contribution is -0.283. The lowest BCUT2D eigenvalue weighted by Gasteiger charge is -2.65. The number of rotatable bonds is 6. The maximum Gasteiger partial charge on any atom is 0.345 e. The third-order valence-corrected chi connectivity index (χ3v) is 10.2. The van der Waals surface area contributed by atoms with Gasteiger partial charge in [0, 0.05) is 49.7 Å². The highest BCUT2D eigenvalue weighted by Crippen LogP contribution is 2.66. The van der Waals surface area contributed by atoms with E-state index in [1.807, 2.05) is 6.92 Å². The van der Waals surface area contributed by atoms with Crippen molar-refractivity contribution < 1.29 is 42.9 Å². The Kier molecular flexibility index (Phi) is 8.37. The molecule has 0 aromatic carbocycles. The molecule has 12 nitrogen and oxygen atoms in total. The highest BCUT2D eigenvalue weighted by molar-refractivity contribution is 5.76. The van der Waals surface area contributed by atoms with Gasteiger partial charge in [0.25, 0.3) is 0 Å². The van der Waals surface area contributed by atoms with E-state index in [0.717, 1.165) is 0 Å². The van der Waals surface area contributed by atoms with E-state index in [0.29, 0.717) is 18.4 Å². The van der Waals surface area contributed by atoms with E-state index >= 15 is 0 Å². The van der Waals surface area contributed by atoms with E-state index in [9.17, 15) is 24.3 Å². The van der Waals surface area contributed by atoms with Crippen LogP contribution in [0.5, 0.6) is 5.75 Å². The summed E-state index contributed by atoms with van der Waals surface area (Å²) in [5.41, 5.74) is 2.28. The quantitative estimate of drug-likeness (QED) is 0.353. The fraction of sp³-hybridized carbons (Fsp3) is 0.606. The number of hydrogen-bond donors (Lipinski definition) is 2. The summed E-state index contributed by atoms with van der Waals surface area (Å²) in [6, 6.07) is 4.02. The van der Waals surface area contributed by atoms with Crippen LogP contribution in [0, 0.1) is 23.2 Å². The largest absolute Gasteiger partial charge is 0.482 e. The Bertz CT molecular complexity index is 1540. The minimum atomic E-state index is -1.42. The zero-order chi connectivity index (χ0) is 33.1. The molecule has 2 unspecified atom stereocenters. The molecule has 0 bridgehead atoms. The maximum absolute atomic E-state index is 13.5. The highest BCUT2D eigenvalue weighted by Gasteiger charge is 2.71. The molecule has 2 aromatic heterocycles. The predicted molar refractivity (Wildman–Crippen MR) is 160 cm³/mol. The van der Waals surface area contributed by atoms with E-state index in [1.165, 1.54) is 26.1 Å². The molecule has 2 saturated carbocycles. The number of aliphatic hydroxyl groups is 1. The minimum Gasteiger partial charge on any atom is -0.482 e. The highest BCUT2D eigenvalue weighted by atomic mass is 16.6. The van der Waals surface area contributed by atoms with Crippen LogP contribution < -0.4 is 16.1 Å². The Morgan fingerprint density at radius 2 is 1.82 bits per heavy atom. The molecule has 0 radical (unpaired) electrons. The van der Waals surface area contributed by atoms with Gasteiger partial charge in [-0.15, -0.1) is 0 Å². The summed E-state index contributed by atoms with van der Waals surface area (Å²) in [6.07, 6.45) is 0.727. The molecule has 1 aliphatic heterocycles. The van der Waals surface area contributed by atoms with Crippen molar-refractivity contribution in [3.8, 4) is 17.1 Å². The van der Waals surface area contributed by atoms with Gasteiger partial charge in [-0.1, -0.05) is 20.8 Å². The summed E-state index contributed by atoms with van der Waals surface area (Å²) < 4.78 is 30.2. The third kappa shape index (κ3) is 5.41. The molecule has 0 spiro atoms. The van der Waals surface area contributed by atoms with Crippen LogP contribution in [0.4, 0.5) is 0 Å². The second-order valence-electron chi connectivity index (χ2n) is 13.5. The lowest BCUT2D eigenvalue weighted by Crippen LogP contribution is -2.73. The van der Waals surface area contributed by atoms with Gasteiger partial charge in [0.15, 0.2) is 0 Å². The van der Waals surface area contributed by atoms with E-state index in [2.05, 4.69) is 4.98 Å². The van der Waals surface area contributed by atoms with Crippen LogP contribution in [0.1, 0.15) is 79.4 Å². The van der Waals surface area contributed by atoms with E-state index < -0.39 is 76.3 Å². The molecule has 2 fully saturated rings. The van der Waals surface area contributed by atoms with Gasteiger partial charge >= 0.3 is 23.5 Å². The Morgan fingerprint density at radius 1 is 1.11 bits per heavy atom. The number of aromatic nitrogens is 1. The smallest absolute Gasteiger partial charge is 0.345 e. The van der Waals surface area contributed by atoms with Gasteiger partial charge in [-0.25, -0.2) is 4.79 Å². The van der Waals surface area contributed by atoms with Gasteiger partial charge in [0.05, 0.1) is 6.10 Å². The topological polar surface area (TPSA) is 177 Å². The first-order valence-corrected chi connectivity index (χ1v) is 15.3. The maximum atomic E-state index is 13.5. The summed E-state index contributed by atoms with van der Waals surface area (Å²) in [6.45, 7) is 11.5. The summed E-state index contributed by atoms with van der Waals surface area (Å²) in [4.78, 5) is 55.7. The number of fused-ring (bicyclic) bond motifs is 4. The fourth-order valence-corrected chi connectivity index (χ4v) is 8.13. The molecule has 2 aliphatic carbocycles. The van der Waals surface area contributed by atoms with Crippen molar-refractivity contribution >= 4 is 17.9 Å². The van der Waals surface area contributed by atoms with E-state index in [4.69, 9.17) is 29.1 Å². The zero-order valence-electron chi connectivity index (χ0n) is 26.7. The zero-order valence-corrected chi connectivity index (χ0v) is 26.7. The van der Waals surface area contributed by atoms with Gasteiger partial charge in [-0.05, 0) is 56.6 Å². The molecule has 3 N–H and O–H groups in total. The summed E-state index contributed by atoms with van der Waals surface area (Å²) in [5.74, 6) is -3.18. The first kappa shape index (κ1) is 32.6. The molecule has 0 amide bonds. The third-order valence-electron chi connectivity index (χ3n) is 10.2. The van der Waals surface area contributed by atoms with Crippen LogP contribution in [-0.2, 0) is 28.6 Å². The summed E-state index contributed by atoms with van der Waals surface area (Å²) in [7, 11) is 0. The van der Waals surface area contributed by atoms with Gasteiger partial charge in [0.2, 0.25) is 0 Å². The number of esters is 3. The number of aliphatic hydroxyl groups excluding tert-OH is 1. The number of carbonyl (C=O) groups excluding carboxylic acids is 3. The van der Waals surface area contributed by atoms with Gasteiger partial charge < -0.3 is 34.2 Å². The van der Waals surface area contributed by atoms with Crippen molar-refractivity contribution in [2.75, 3.05) is 0 Å². The van der Waals surface area contributed by atoms with Gasteiger partial charge in [-0.3, -0.25) is 19.4 Å². The molecule has 9 atom stereocenters. The molecular formula is C33H42N2O10. The Labute approximate surface area is 261 Å². The van der Waals surface area contributed by atoms with Crippen LogP contribution in [-0.4, -0.2) is 57.5 Å². The van der Waals surface area contributed by atoms with Crippen molar-refractivity contribution in [2.45, 2.75) is 103 Å². The van der Waals surface area contributed by atoms with Crippen LogP contribution in [0.3, 0.4) is 0 Å². The SMILES string of the molecule is CC(=O)O[C@H]1CC[C@@]2(C)C(C[C@H](OC(=O)[C@H](N)C(C)C)[C@@]3(C)Oc4cc(-c5cccnc5)oc(=O)c4[C@H](O)C23)[C@]1(C)OC(C)=O. The average molecular weight is 627 g/mol. The second-order valence-corrected chi connectivity index (χ2v) is 13.5.